The summed E-state index contributed by atoms with van der Waals surface area (Å²) in [7, 11) is 0. The zero-order chi connectivity index (χ0) is 21.7. The highest BCUT2D eigenvalue weighted by atomic mass is 16.1. The van der Waals surface area contributed by atoms with Gasteiger partial charge in [0.2, 0.25) is 0 Å². The molecule has 0 radical (unpaired) electrons. The van der Waals surface area contributed by atoms with E-state index in [9.17, 15) is 19.2 Å². The van der Waals surface area contributed by atoms with Crippen LogP contribution in [0, 0.1) is 0 Å². The van der Waals surface area contributed by atoms with E-state index < -0.39 is 0 Å². The molecule has 0 bridgehead atoms. The Morgan fingerprint density at radius 1 is 0.344 bits per heavy atom. The third-order valence-corrected chi connectivity index (χ3v) is 6.66. The number of fused-ring (bicyclic) bond motifs is 8. The third kappa shape index (κ3) is 1.92. The summed E-state index contributed by atoms with van der Waals surface area (Å²) in [5.74, 6) is 0. The molecule has 32 heavy (non-hydrogen) atoms. The van der Waals surface area contributed by atoms with Crippen LogP contribution in [-0.2, 0) is 0 Å². The Hall–Kier alpha value is -4.44. The van der Waals surface area contributed by atoms with E-state index in [1.54, 1.807) is 24.3 Å². The van der Waals surface area contributed by atoms with Crippen molar-refractivity contribution in [2.24, 2.45) is 0 Å². The van der Waals surface area contributed by atoms with Crippen molar-refractivity contribution in [2.45, 2.75) is 0 Å². The lowest BCUT2D eigenvalue weighted by atomic mass is 9.86. The summed E-state index contributed by atoms with van der Waals surface area (Å²) in [6.45, 7) is 0. The monoisotopic (exact) mass is 412 g/mol. The Kier molecular flexibility index (Phi) is 3.03. The van der Waals surface area contributed by atoms with Gasteiger partial charge in [-0.05, 0) is 45.8 Å². The molecule has 0 spiro atoms. The van der Waals surface area contributed by atoms with Gasteiger partial charge in [0.05, 0.1) is 0 Å². The fourth-order valence-electron chi connectivity index (χ4n) is 5.12. The van der Waals surface area contributed by atoms with Gasteiger partial charge in [0.25, 0.3) is 0 Å². The van der Waals surface area contributed by atoms with Crippen LogP contribution >= 0.6 is 0 Å². The first kappa shape index (κ1) is 17.3. The van der Waals surface area contributed by atoms with E-state index in [4.69, 9.17) is 0 Å². The molecule has 0 amide bonds. The van der Waals surface area contributed by atoms with Crippen LogP contribution in [0.4, 0.5) is 0 Å². The molecule has 0 atom stereocenters. The molecule has 0 heterocycles. The number of rotatable bonds is 0. The summed E-state index contributed by atoms with van der Waals surface area (Å²) in [6, 6.07) is 21.7. The molecule has 7 aromatic rings. The lowest BCUT2D eigenvalue weighted by Crippen LogP contribution is -2.24. The van der Waals surface area contributed by atoms with E-state index in [0.717, 1.165) is 21.5 Å². The van der Waals surface area contributed by atoms with E-state index >= 15 is 0 Å². The zero-order valence-corrected chi connectivity index (χ0v) is 16.6. The SMILES string of the molecule is O=c1c2cc3ccccc3cc2c(=O)c2c1c1c(=O)c3cc4ccccc4cc3c(=O)c21. The van der Waals surface area contributed by atoms with Gasteiger partial charge in [-0.3, -0.25) is 19.2 Å². The van der Waals surface area contributed by atoms with E-state index in [2.05, 4.69) is 0 Å². The standard InChI is InChI=1S/C28H12O4/c29-25-17-9-13-5-1-2-6-14(13)10-18(17)26(30)22-21(25)23-24(22)28(32)20-12-16-8-4-3-7-15(16)11-19(20)27(23)31/h1-12H. The van der Waals surface area contributed by atoms with Crippen LogP contribution in [0.25, 0.3) is 64.6 Å². The maximum Gasteiger partial charge on any atom is 0.195 e. The molecule has 7 rings (SSSR count). The van der Waals surface area contributed by atoms with Gasteiger partial charge in [-0.2, -0.15) is 0 Å². The minimum absolute atomic E-state index is 0.0879. The molecule has 4 heteroatoms. The molecule has 0 aliphatic heterocycles. The normalized spacial score (nSPS) is 12.2. The van der Waals surface area contributed by atoms with Crippen molar-refractivity contribution in [3.8, 4) is 0 Å². The van der Waals surface area contributed by atoms with Crippen LogP contribution in [0.2, 0.25) is 0 Å². The van der Waals surface area contributed by atoms with Gasteiger partial charge < -0.3 is 0 Å². The summed E-state index contributed by atoms with van der Waals surface area (Å²) < 4.78 is 0. The molecule has 0 aliphatic carbocycles. The molecular formula is C28H12O4. The van der Waals surface area contributed by atoms with Gasteiger partial charge in [-0.25, -0.2) is 0 Å². The van der Waals surface area contributed by atoms with Crippen molar-refractivity contribution < 1.29 is 0 Å². The molecule has 7 aromatic carbocycles. The topological polar surface area (TPSA) is 68.3 Å². The van der Waals surface area contributed by atoms with Crippen LogP contribution < -0.4 is 21.7 Å². The van der Waals surface area contributed by atoms with Crippen molar-refractivity contribution in [2.75, 3.05) is 0 Å². The average Bonchev–Trinajstić information content (AvgIpc) is 2.80. The average molecular weight is 412 g/mol. The number of hydrogen-bond acceptors (Lipinski definition) is 4. The number of benzene rings is 6. The predicted octanol–water partition coefficient (Wildman–Crippen LogP) is 4.36. The van der Waals surface area contributed by atoms with Gasteiger partial charge in [0.15, 0.2) is 21.7 Å². The molecule has 0 saturated carbocycles. The second-order valence-corrected chi connectivity index (χ2v) is 8.31. The first-order chi connectivity index (χ1) is 15.5. The van der Waals surface area contributed by atoms with Crippen molar-refractivity contribution in [3.05, 3.63) is 114 Å². The largest absolute Gasteiger partial charge is 0.289 e. The van der Waals surface area contributed by atoms with Crippen molar-refractivity contribution in [1.29, 1.82) is 0 Å². The first-order valence-electron chi connectivity index (χ1n) is 10.3. The van der Waals surface area contributed by atoms with Crippen LogP contribution in [0.5, 0.6) is 0 Å². The Morgan fingerprint density at radius 2 is 0.562 bits per heavy atom. The molecule has 0 aliphatic rings. The molecule has 148 valence electrons. The highest BCUT2D eigenvalue weighted by Crippen LogP contribution is 2.31. The van der Waals surface area contributed by atoms with Crippen molar-refractivity contribution in [3.63, 3.8) is 0 Å². The maximum atomic E-state index is 13.4. The van der Waals surface area contributed by atoms with E-state index in [1.165, 1.54) is 0 Å². The Labute approximate surface area is 178 Å². The van der Waals surface area contributed by atoms with E-state index in [-0.39, 0.29) is 64.8 Å². The first-order valence-corrected chi connectivity index (χ1v) is 10.3. The molecule has 0 saturated heterocycles. The third-order valence-electron chi connectivity index (χ3n) is 6.66. The van der Waals surface area contributed by atoms with Crippen LogP contribution in [0.1, 0.15) is 0 Å². The second kappa shape index (κ2) is 5.62. The zero-order valence-electron chi connectivity index (χ0n) is 16.6. The highest BCUT2D eigenvalue weighted by Gasteiger charge is 2.26. The predicted molar refractivity (Wildman–Crippen MR) is 130 cm³/mol. The summed E-state index contributed by atoms with van der Waals surface area (Å²) in [6.07, 6.45) is 0. The molecular weight excluding hydrogens is 400 g/mol. The van der Waals surface area contributed by atoms with Crippen molar-refractivity contribution >= 4 is 64.6 Å². The summed E-state index contributed by atoms with van der Waals surface area (Å²) in [5, 5.41) is 4.84. The van der Waals surface area contributed by atoms with Gasteiger partial charge >= 0.3 is 0 Å². The van der Waals surface area contributed by atoms with E-state index in [0.29, 0.717) is 0 Å². The highest BCUT2D eigenvalue weighted by molar-refractivity contribution is 6.30. The molecule has 0 fully saturated rings. The van der Waals surface area contributed by atoms with Crippen LogP contribution in [-0.4, -0.2) is 0 Å². The quantitative estimate of drug-likeness (QED) is 0.347. The van der Waals surface area contributed by atoms with Gasteiger partial charge in [-0.1, -0.05) is 48.5 Å². The van der Waals surface area contributed by atoms with Gasteiger partial charge in [0.1, 0.15) is 0 Å². The number of hydrogen-bond donors (Lipinski definition) is 0. The molecule has 4 nitrogen and oxygen atoms in total. The fourth-order valence-corrected chi connectivity index (χ4v) is 5.12. The van der Waals surface area contributed by atoms with E-state index in [1.807, 2.05) is 48.5 Å². The van der Waals surface area contributed by atoms with Crippen molar-refractivity contribution in [1.82, 2.24) is 0 Å². The summed E-state index contributed by atoms with van der Waals surface area (Å²) in [4.78, 5) is 53.6. The maximum absolute atomic E-state index is 13.4. The minimum atomic E-state index is -0.371. The van der Waals surface area contributed by atoms with Gasteiger partial charge in [0, 0.05) is 43.1 Å². The Balaban J connectivity index is 1.77. The van der Waals surface area contributed by atoms with Crippen LogP contribution in [0.15, 0.2) is 92.0 Å². The lowest BCUT2D eigenvalue weighted by molar-refractivity contribution is 1.65. The summed E-state index contributed by atoms with van der Waals surface area (Å²) in [5.41, 5.74) is -1.48. The van der Waals surface area contributed by atoms with Crippen LogP contribution in [0.3, 0.4) is 0 Å². The fraction of sp³-hybridized carbons (Fsp3) is 0. The molecule has 0 N–H and O–H groups in total. The summed E-state index contributed by atoms with van der Waals surface area (Å²) >= 11 is 0. The Morgan fingerprint density at radius 3 is 0.781 bits per heavy atom. The Bertz CT molecular complexity index is 1830. The second-order valence-electron chi connectivity index (χ2n) is 8.31. The lowest BCUT2D eigenvalue weighted by Gasteiger charge is -2.12. The molecule has 0 aromatic heterocycles. The smallest absolute Gasteiger partial charge is 0.195 e. The minimum Gasteiger partial charge on any atom is -0.289 e. The van der Waals surface area contributed by atoms with Gasteiger partial charge in [-0.15, -0.1) is 0 Å². The molecule has 0 unspecified atom stereocenters.